The van der Waals surface area contributed by atoms with E-state index in [9.17, 15) is 5.11 Å². The highest BCUT2D eigenvalue weighted by molar-refractivity contribution is 5.45. The molecule has 0 saturated carbocycles. The highest BCUT2D eigenvalue weighted by Crippen LogP contribution is 2.31. The number of para-hydroxylation sites is 1. The lowest BCUT2D eigenvalue weighted by Gasteiger charge is -2.31. The number of phenols is 1. The van der Waals surface area contributed by atoms with Gasteiger partial charge in [-0.3, -0.25) is 4.90 Å². The van der Waals surface area contributed by atoms with Gasteiger partial charge in [0.05, 0.1) is 6.61 Å². The Morgan fingerprint density at radius 3 is 3.00 bits per heavy atom. The molecular weight excluding hydrogens is 226 g/mol. The van der Waals surface area contributed by atoms with Crippen molar-refractivity contribution in [1.82, 2.24) is 4.90 Å². The summed E-state index contributed by atoms with van der Waals surface area (Å²) in [4.78, 5) is 2.42. The minimum Gasteiger partial charge on any atom is -0.504 e. The number of piperidine rings is 1. The Bertz CT molecular complexity index is 392. The Labute approximate surface area is 109 Å². The van der Waals surface area contributed by atoms with Crippen LogP contribution in [-0.4, -0.2) is 29.7 Å². The van der Waals surface area contributed by atoms with E-state index in [2.05, 4.69) is 11.8 Å². The molecule has 0 amide bonds. The van der Waals surface area contributed by atoms with Crippen molar-refractivity contribution in [1.29, 1.82) is 0 Å². The molecule has 0 aliphatic carbocycles. The first-order chi connectivity index (χ1) is 8.70. The summed E-state index contributed by atoms with van der Waals surface area (Å²) in [5, 5.41) is 10.2. The summed E-state index contributed by atoms with van der Waals surface area (Å²) in [6, 6.07) is 5.76. The summed E-state index contributed by atoms with van der Waals surface area (Å²) in [5.41, 5.74) is 0.968. The number of hydrogen-bond acceptors (Lipinski definition) is 3. The van der Waals surface area contributed by atoms with Crippen LogP contribution < -0.4 is 4.74 Å². The minimum absolute atomic E-state index is 0.303. The monoisotopic (exact) mass is 249 g/mol. The van der Waals surface area contributed by atoms with Gasteiger partial charge >= 0.3 is 0 Å². The number of benzene rings is 1. The Kier molecular flexibility index (Phi) is 4.48. The Morgan fingerprint density at radius 1 is 1.44 bits per heavy atom. The van der Waals surface area contributed by atoms with Crippen molar-refractivity contribution in [2.45, 2.75) is 33.2 Å². The average Bonchev–Trinajstić information content (AvgIpc) is 2.35. The number of hydrogen-bond donors (Lipinski definition) is 1. The molecule has 3 nitrogen and oxygen atoms in total. The predicted octanol–water partition coefficient (Wildman–Crippen LogP) is 3.02. The lowest BCUT2D eigenvalue weighted by molar-refractivity contribution is 0.174. The molecule has 1 aromatic rings. The minimum atomic E-state index is 0.303. The van der Waals surface area contributed by atoms with E-state index < -0.39 is 0 Å². The maximum Gasteiger partial charge on any atom is 0.162 e. The molecule has 1 aromatic carbocycles. The first kappa shape index (κ1) is 13.2. The van der Waals surface area contributed by atoms with E-state index in [0.717, 1.165) is 31.1 Å². The van der Waals surface area contributed by atoms with Crippen LogP contribution >= 0.6 is 0 Å². The maximum atomic E-state index is 10.2. The first-order valence-corrected chi connectivity index (χ1v) is 6.86. The summed E-state index contributed by atoms with van der Waals surface area (Å²) in [6.07, 6.45) is 2.58. The molecule has 0 aromatic heterocycles. The van der Waals surface area contributed by atoms with Crippen molar-refractivity contribution < 1.29 is 9.84 Å². The molecule has 3 heteroatoms. The molecule has 1 fully saturated rings. The van der Waals surface area contributed by atoms with E-state index >= 15 is 0 Å². The van der Waals surface area contributed by atoms with Crippen molar-refractivity contribution in [3.05, 3.63) is 23.8 Å². The zero-order valence-corrected chi connectivity index (χ0v) is 11.4. The molecule has 0 spiro atoms. The molecule has 18 heavy (non-hydrogen) atoms. The number of likely N-dealkylation sites (tertiary alicyclic amines) is 1. The van der Waals surface area contributed by atoms with E-state index in [0.29, 0.717) is 18.1 Å². The van der Waals surface area contributed by atoms with Crippen LogP contribution in [0.2, 0.25) is 0 Å². The molecule has 1 aliphatic rings. The molecule has 100 valence electrons. The largest absolute Gasteiger partial charge is 0.504 e. The van der Waals surface area contributed by atoms with E-state index in [-0.39, 0.29) is 0 Å². The Morgan fingerprint density at radius 2 is 2.28 bits per heavy atom. The standard InChI is InChI=1S/C15H23NO2/c1-3-18-14-8-4-7-13(15(14)17)11-16-9-5-6-12(2)10-16/h4,7-8,12,17H,3,5-6,9-11H2,1-2H3. The van der Waals surface area contributed by atoms with Crippen LogP contribution in [0.15, 0.2) is 18.2 Å². The van der Waals surface area contributed by atoms with Crippen LogP contribution in [0.1, 0.15) is 32.3 Å². The highest BCUT2D eigenvalue weighted by atomic mass is 16.5. The lowest BCUT2D eigenvalue weighted by Crippen LogP contribution is -2.33. The Balaban J connectivity index is 2.06. The SMILES string of the molecule is CCOc1cccc(CN2CCCC(C)C2)c1O. The van der Waals surface area contributed by atoms with Gasteiger partial charge in [0, 0.05) is 18.7 Å². The predicted molar refractivity (Wildman–Crippen MR) is 73.0 cm³/mol. The van der Waals surface area contributed by atoms with Gasteiger partial charge in [0.2, 0.25) is 0 Å². The fraction of sp³-hybridized carbons (Fsp3) is 0.600. The van der Waals surface area contributed by atoms with Crippen LogP contribution in [0.4, 0.5) is 0 Å². The van der Waals surface area contributed by atoms with Crippen molar-refractivity contribution in [3.8, 4) is 11.5 Å². The van der Waals surface area contributed by atoms with E-state index in [1.54, 1.807) is 0 Å². The highest BCUT2D eigenvalue weighted by Gasteiger charge is 2.18. The number of nitrogens with zero attached hydrogens (tertiary/aromatic N) is 1. The normalized spacial score (nSPS) is 20.9. The molecule has 2 rings (SSSR count). The second-order valence-corrected chi connectivity index (χ2v) is 5.18. The topological polar surface area (TPSA) is 32.7 Å². The van der Waals surface area contributed by atoms with Crippen LogP contribution in [-0.2, 0) is 6.54 Å². The quantitative estimate of drug-likeness (QED) is 0.890. The molecule has 0 bridgehead atoms. The van der Waals surface area contributed by atoms with Crippen molar-refractivity contribution in [3.63, 3.8) is 0 Å². The summed E-state index contributed by atoms with van der Waals surface area (Å²) in [7, 11) is 0. The summed E-state index contributed by atoms with van der Waals surface area (Å²) >= 11 is 0. The van der Waals surface area contributed by atoms with Gasteiger partial charge in [0.25, 0.3) is 0 Å². The molecule has 1 saturated heterocycles. The van der Waals surface area contributed by atoms with Crippen molar-refractivity contribution in [2.24, 2.45) is 5.92 Å². The van der Waals surface area contributed by atoms with E-state index in [1.165, 1.54) is 12.8 Å². The third-order valence-electron chi connectivity index (χ3n) is 3.52. The fourth-order valence-electron chi connectivity index (χ4n) is 2.64. The second-order valence-electron chi connectivity index (χ2n) is 5.18. The molecule has 1 unspecified atom stereocenters. The molecular formula is C15H23NO2. The number of ether oxygens (including phenoxy) is 1. The molecule has 0 radical (unpaired) electrons. The zero-order valence-electron chi connectivity index (χ0n) is 11.4. The van der Waals surface area contributed by atoms with Gasteiger partial charge in [-0.25, -0.2) is 0 Å². The molecule has 1 aliphatic heterocycles. The van der Waals surface area contributed by atoms with Gasteiger partial charge < -0.3 is 9.84 Å². The maximum absolute atomic E-state index is 10.2. The fourth-order valence-corrected chi connectivity index (χ4v) is 2.64. The van der Waals surface area contributed by atoms with Gasteiger partial charge in [-0.2, -0.15) is 0 Å². The first-order valence-electron chi connectivity index (χ1n) is 6.86. The van der Waals surface area contributed by atoms with Crippen LogP contribution in [0.5, 0.6) is 11.5 Å². The van der Waals surface area contributed by atoms with Crippen molar-refractivity contribution >= 4 is 0 Å². The number of phenolic OH excluding ortho intramolecular Hbond substituents is 1. The summed E-state index contributed by atoms with van der Waals surface area (Å²) in [5.74, 6) is 1.66. The lowest BCUT2D eigenvalue weighted by atomic mass is 9.99. The number of rotatable bonds is 4. The van der Waals surface area contributed by atoms with Gasteiger partial charge in [-0.15, -0.1) is 0 Å². The van der Waals surface area contributed by atoms with Gasteiger partial charge in [-0.05, 0) is 38.3 Å². The third kappa shape index (κ3) is 3.16. The third-order valence-corrected chi connectivity index (χ3v) is 3.52. The van der Waals surface area contributed by atoms with Gasteiger partial charge in [-0.1, -0.05) is 19.1 Å². The van der Waals surface area contributed by atoms with Crippen LogP contribution in [0, 0.1) is 5.92 Å². The van der Waals surface area contributed by atoms with E-state index in [1.807, 2.05) is 25.1 Å². The molecule has 1 heterocycles. The van der Waals surface area contributed by atoms with Crippen molar-refractivity contribution in [2.75, 3.05) is 19.7 Å². The smallest absolute Gasteiger partial charge is 0.162 e. The van der Waals surface area contributed by atoms with Crippen LogP contribution in [0.3, 0.4) is 0 Å². The summed E-state index contributed by atoms with van der Waals surface area (Å²) in [6.45, 7) is 7.87. The second kappa shape index (κ2) is 6.10. The Hall–Kier alpha value is -1.22. The van der Waals surface area contributed by atoms with Gasteiger partial charge in [0.1, 0.15) is 0 Å². The zero-order chi connectivity index (χ0) is 13.0. The van der Waals surface area contributed by atoms with Crippen LogP contribution in [0.25, 0.3) is 0 Å². The number of aromatic hydroxyl groups is 1. The average molecular weight is 249 g/mol. The van der Waals surface area contributed by atoms with E-state index in [4.69, 9.17) is 4.74 Å². The summed E-state index contributed by atoms with van der Waals surface area (Å²) < 4.78 is 5.42. The molecule has 1 N–H and O–H groups in total. The van der Waals surface area contributed by atoms with Gasteiger partial charge in [0.15, 0.2) is 11.5 Å². The molecule has 1 atom stereocenters.